The standard InChI is InChI=1S/C11H13N.C9H12/c1-2-5-9-8-12-11-7-4-3-6-10(9)11;1-3-9-6-4-8(2)5-7-9/h3-4,6-8,12H,2,5H2,1H3;4-7H,3H2,1-2H3. The molecule has 0 spiro atoms. The van der Waals surface area contributed by atoms with Crippen molar-refractivity contribution in [2.24, 2.45) is 0 Å². The summed E-state index contributed by atoms with van der Waals surface area (Å²) < 4.78 is 0. The van der Waals surface area contributed by atoms with Gasteiger partial charge in [-0.2, -0.15) is 0 Å². The molecule has 21 heavy (non-hydrogen) atoms. The molecule has 0 aliphatic carbocycles. The topological polar surface area (TPSA) is 15.8 Å². The van der Waals surface area contributed by atoms with Gasteiger partial charge in [-0.3, -0.25) is 0 Å². The van der Waals surface area contributed by atoms with Crippen LogP contribution >= 0.6 is 0 Å². The Morgan fingerprint density at radius 2 is 1.62 bits per heavy atom. The molecular weight excluding hydrogens is 254 g/mol. The van der Waals surface area contributed by atoms with Gasteiger partial charge < -0.3 is 4.98 Å². The van der Waals surface area contributed by atoms with E-state index < -0.39 is 0 Å². The maximum atomic E-state index is 3.27. The van der Waals surface area contributed by atoms with Crippen molar-refractivity contribution < 1.29 is 0 Å². The van der Waals surface area contributed by atoms with Crippen LogP contribution < -0.4 is 0 Å². The molecule has 0 bridgehead atoms. The fraction of sp³-hybridized carbons (Fsp3) is 0.300. The monoisotopic (exact) mass is 279 g/mol. The first kappa shape index (κ1) is 15.4. The van der Waals surface area contributed by atoms with E-state index in [1.165, 1.54) is 40.4 Å². The van der Waals surface area contributed by atoms with E-state index in [1.54, 1.807) is 0 Å². The molecule has 110 valence electrons. The predicted octanol–water partition coefficient (Wildman–Crippen LogP) is 5.68. The van der Waals surface area contributed by atoms with Crippen LogP contribution in [-0.2, 0) is 12.8 Å². The molecule has 0 aliphatic heterocycles. The van der Waals surface area contributed by atoms with E-state index in [4.69, 9.17) is 0 Å². The van der Waals surface area contributed by atoms with Crippen LogP contribution in [0.1, 0.15) is 37.0 Å². The number of para-hydroxylation sites is 1. The van der Waals surface area contributed by atoms with Crippen LogP contribution in [-0.4, -0.2) is 4.98 Å². The fourth-order valence-electron chi connectivity index (χ4n) is 2.43. The van der Waals surface area contributed by atoms with Crippen molar-refractivity contribution in [3.63, 3.8) is 0 Å². The van der Waals surface area contributed by atoms with Crippen LogP contribution in [0.4, 0.5) is 0 Å². The van der Waals surface area contributed by atoms with Gasteiger partial charge in [-0.25, -0.2) is 0 Å². The first-order valence-electron chi connectivity index (χ1n) is 7.85. The van der Waals surface area contributed by atoms with Crippen molar-refractivity contribution in [2.75, 3.05) is 0 Å². The van der Waals surface area contributed by atoms with Gasteiger partial charge in [0.15, 0.2) is 0 Å². The Bertz CT molecular complexity index is 662. The highest BCUT2D eigenvalue weighted by molar-refractivity contribution is 5.82. The summed E-state index contributed by atoms with van der Waals surface area (Å²) in [5.41, 5.74) is 5.45. The van der Waals surface area contributed by atoms with Gasteiger partial charge in [0.25, 0.3) is 0 Å². The number of hydrogen-bond donors (Lipinski definition) is 1. The SMILES string of the molecule is CCCc1c[nH]c2ccccc12.CCc1ccc(C)cc1. The molecule has 0 saturated heterocycles. The van der Waals surface area contributed by atoms with Crippen LogP contribution in [0, 0.1) is 6.92 Å². The highest BCUT2D eigenvalue weighted by Gasteiger charge is 1.99. The maximum Gasteiger partial charge on any atom is 0.0456 e. The zero-order chi connectivity index (χ0) is 15.1. The van der Waals surface area contributed by atoms with Gasteiger partial charge >= 0.3 is 0 Å². The highest BCUT2D eigenvalue weighted by atomic mass is 14.7. The van der Waals surface area contributed by atoms with Gasteiger partial charge in [0, 0.05) is 17.1 Å². The number of fused-ring (bicyclic) bond motifs is 1. The Morgan fingerprint density at radius 1 is 0.905 bits per heavy atom. The average Bonchev–Trinajstić information content (AvgIpc) is 2.93. The molecule has 0 radical (unpaired) electrons. The number of H-pyrrole nitrogens is 1. The Kier molecular flexibility index (Phi) is 5.62. The summed E-state index contributed by atoms with van der Waals surface area (Å²) in [4.78, 5) is 3.27. The summed E-state index contributed by atoms with van der Waals surface area (Å²) in [6.07, 6.45) is 5.64. The minimum absolute atomic E-state index is 1.14. The van der Waals surface area contributed by atoms with E-state index in [2.05, 4.69) is 80.5 Å². The summed E-state index contributed by atoms with van der Waals surface area (Å²) in [5, 5.41) is 1.37. The van der Waals surface area contributed by atoms with E-state index in [0.29, 0.717) is 0 Å². The van der Waals surface area contributed by atoms with Crippen molar-refractivity contribution in [1.82, 2.24) is 4.98 Å². The molecule has 0 unspecified atom stereocenters. The lowest BCUT2D eigenvalue weighted by atomic mass is 10.1. The van der Waals surface area contributed by atoms with Crippen LogP contribution in [0.25, 0.3) is 10.9 Å². The Balaban J connectivity index is 0.000000161. The van der Waals surface area contributed by atoms with Crippen molar-refractivity contribution in [3.05, 3.63) is 71.4 Å². The zero-order valence-electron chi connectivity index (χ0n) is 13.3. The maximum absolute atomic E-state index is 3.27. The van der Waals surface area contributed by atoms with Gasteiger partial charge in [0.2, 0.25) is 0 Å². The number of aromatic nitrogens is 1. The Morgan fingerprint density at radius 3 is 2.29 bits per heavy atom. The third kappa shape index (κ3) is 4.22. The lowest BCUT2D eigenvalue weighted by Gasteiger charge is -1.94. The molecule has 1 heterocycles. The smallest absolute Gasteiger partial charge is 0.0456 e. The second kappa shape index (κ2) is 7.68. The van der Waals surface area contributed by atoms with Gasteiger partial charge in [-0.05, 0) is 37.0 Å². The van der Waals surface area contributed by atoms with Gasteiger partial charge in [-0.1, -0.05) is 68.3 Å². The van der Waals surface area contributed by atoms with Crippen molar-refractivity contribution in [3.8, 4) is 0 Å². The number of rotatable bonds is 3. The van der Waals surface area contributed by atoms with Crippen molar-refractivity contribution in [2.45, 2.75) is 40.0 Å². The molecule has 1 nitrogen and oxygen atoms in total. The van der Waals surface area contributed by atoms with E-state index in [1.807, 2.05) is 0 Å². The summed E-state index contributed by atoms with van der Waals surface area (Å²) in [6.45, 7) is 6.49. The second-order valence-corrected chi connectivity index (χ2v) is 5.45. The molecular formula is C20H25N. The van der Waals surface area contributed by atoms with Crippen molar-refractivity contribution in [1.29, 1.82) is 0 Å². The minimum atomic E-state index is 1.14. The molecule has 0 saturated carbocycles. The normalized spacial score (nSPS) is 10.2. The first-order chi connectivity index (χ1) is 10.2. The van der Waals surface area contributed by atoms with Gasteiger partial charge in [0.1, 0.15) is 0 Å². The van der Waals surface area contributed by atoms with Crippen molar-refractivity contribution >= 4 is 10.9 Å². The van der Waals surface area contributed by atoms with E-state index in [0.717, 1.165) is 6.42 Å². The van der Waals surface area contributed by atoms with Gasteiger partial charge in [-0.15, -0.1) is 0 Å². The first-order valence-corrected chi connectivity index (χ1v) is 7.85. The van der Waals surface area contributed by atoms with Crippen LogP contribution in [0.5, 0.6) is 0 Å². The predicted molar refractivity (Wildman–Crippen MR) is 92.9 cm³/mol. The van der Waals surface area contributed by atoms with E-state index in [9.17, 15) is 0 Å². The Hall–Kier alpha value is -2.02. The largest absolute Gasteiger partial charge is 0.361 e. The van der Waals surface area contributed by atoms with Crippen LogP contribution in [0.2, 0.25) is 0 Å². The van der Waals surface area contributed by atoms with Gasteiger partial charge in [0.05, 0.1) is 0 Å². The molecule has 1 N–H and O–H groups in total. The average molecular weight is 279 g/mol. The van der Waals surface area contributed by atoms with Crippen LogP contribution in [0.3, 0.4) is 0 Å². The molecule has 0 aliphatic rings. The Labute approximate surface area is 128 Å². The molecule has 0 fully saturated rings. The molecule has 1 heteroatoms. The summed E-state index contributed by atoms with van der Waals surface area (Å²) in [5.74, 6) is 0. The third-order valence-electron chi connectivity index (χ3n) is 3.72. The third-order valence-corrected chi connectivity index (χ3v) is 3.72. The van der Waals surface area contributed by atoms with E-state index >= 15 is 0 Å². The minimum Gasteiger partial charge on any atom is -0.361 e. The number of hydrogen-bond acceptors (Lipinski definition) is 0. The number of benzene rings is 2. The number of aryl methyl sites for hydroxylation is 3. The molecule has 3 aromatic rings. The summed E-state index contributed by atoms with van der Waals surface area (Å²) in [7, 11) is 0. The molecule has 0 atom stereocenters. The van der Waals surface area contributed by atoms with E-state index in [-0.39, 0.29) is 0 Å². The number of aromatic amines is 1. The molecule has 1 aromatic heterocycles. The molecule has 0 amide bonds. The molecule has 2 aromatic carbocycles. The second-order valence-electron chi connectivity index (χ2n) is 5.45. The fourth-order valence-corrected chi connectivity index (χ4v) is 2.43. The zero-order valence-corrected chi connectivity index (χ0v) is 13.3. The lowest BCUT2D eigenvalue weighted by molar-refractivity contribution is 0.929. The lowest BCUT2D eigenvalue weighted by Crippen LogP contribution is -1.77. The number of nitrogens with one attached hydrogen (secondary N) is 1. The highest BCUT2D eigenvalue weighted by Crippen LogP contribution is 2.18. The quantitative estimate of drug-likeness (QED) is 0.635. The van der Waals surface area contributed by atoms with Crippen LogP contribution in [0.15, 0.2) is 54.7 Å². The summed E-state index contributed by atoms with van der Waals surface area (Å²) in [6, 6.07) is 17.1. The molecule has 3 rings (SSSR count). The summed E-state index contributed by atoms with van der Waals surface area (Å²) >= 11 is 0.